The molecule has 2 heterocycles. The molecule has 0 unspecified atom stereocenters. The zero-order valence-corrected chi connectivity index (χ0v) is 12.9. The number of terminal acetylenes is 1. The van der Waals surface area contributed by atoms with Crippen LogP contribution in [-0.4, -0.2) is 23.1 Å². The van der Waals surface area contributed by atoms with Crippen LogP contribution in [0.15, 0.2) is 22.5 Å². The zero-order chi connectivity index (χ0) is 15.6. The van der Waals surface area contributed by atoms with Crippen molar-refractivity contribution < 1.29 is 4.79 Å². The van der Waals surface area contributed by atoms with E-state index in [1.807, 2.05) is 6.07 Å². The van der Waals surface area contributed by atoms with Gasteiger partial charge in [-0.1, -0.05) is 11.6 Å². The van der Waals surface area contributed by atoms with Crippen molar-refractivity contribution in [2.45, 2.75) is 43.7 Å². The lowest BCUT2D eigenvalue weighted by molar-refractivity contribution is 0.0951. The Labute approximate surface area is 134 Å². The van der Waals surface area contributed by atoms with Gasteiger partial charge in [0, 0.05) is 32.0 Å². The number of amides is 1. The summed E-state index contributed by atoms with van der Waals surface area (Å²) in [5.41, 5.74) is 1.15. The van der Waals surface area contributed by atoms with E-state index in [9.17, 15) is 4.79 Å². The maximum atomic E-state index is 12.3. The molecule has 0 spiro atoms. The predicted octanol–water partition coefficient (Wildman–Crippen LogP) is 3.31. The molecule has 0 aromatic carbocycles. The van der Waals surface area contributed by atoms with Gasteiger partial charge in [-0.05, 0) is 30.4 Å². The van der Waals surface area contributed by atoms with Crippen LogP contribution in [0.1, 0.15) is 53.9 Å². The summed E-state index contributed by atoms with van der Waals surface area (Å²) in [7, 11) is 0. The minimum Gasteiger partial charge on any atom is -0.352 e. The third-order valence-electron chi connectivity index (χ3n) is 4.02. The fraction of sp³-hybridized carbons (Fsp3) is 0.500. The maximum Gasteiger partial charge on any atom is 0.254 e. The van der Waals surface area contributed by atoms with Gasteiger partial charge in [-0.25, -0.2) is 4.98 Å². The largest absolute Gasteiger partial charge is 0.352 e. The highest BCUT2D eigenvalue weighted by Crippen LogP contribution is 2.40. The van der Waals surface area contributed by atoms with E-state index >= 15 is 0 Å². The Bertz CT molecular complexity index is 655. The van der Waals surface area contributed by atoms with E-state index in [1.54, 1.807) is 6.20 Å². The van der Waals surface area contributed by atoms with Gasteiger partial charge in [0.05, 0.1) is 5.56 Å². The second kappa shape index (κ2) is 6.05. The Hall–Kier alpha value is -1.93. The number of carbonyl (C=O) groups excluding carboxylic acids is 1. The first-order valence-corrected chi connectivity index (χ1v) is 7.82. The van der Waals surface area contributed by atoms with Gasteiger partial charge in [-0.2, -0.15) is 10.2 Å². The van der Waals surface area contributed by atoms with Gasteiger partial charge < -0.3 is 5.32 Å². The highest BCUT2D eigenvalue weighted by Gasteiger charge is 2.38. The number of hydrogen-bond donors (Lipinski definition) is 1. The SMILES string of the molecule is C#CCCC1(CCNC(=O)c2cc(C3CC3)cnc2Cl)N=N1. The predicted molar refractivity (Wildman–Crippen MR) is 83.8 cm³/mol. The first kappa shape index (κ1) is 15.0. The molecule has 1 saturated carbocycles. The van der Waals surface area contributed by atoms with E-state index in [-0.39, 0.29) is 16.7 Å². The lowest BCUT2D eigenvalue weighted by Gasteiger charge is -2.11. The van der Waals surface area contributed by atoms with Crippen LogP contribution in [0.2, 0.25) is 5.15 Å². The second-order valence-corrected chi connectivity index (χ2v) is 6.13. The summed E-state index contributed by atoms with van der Waals surface area (Å²) in [6, 6.07) is 1.85. The van der Waals surface area contributed by atoms with Crippen molar-refractivity contribution in [2.24, 2.45) is 10.2 Å². The van der Waals surface area contributed by atoms with E-state index in [1.165, 1.54) is 0 Å². The van der Waals surface area contributed by atoms with Gasteiger partial charge in [0.1, 0.15) is 5.15 Å². The zero-order valence-electron chi connectivity index (χ0n) is 12.2. The van der Waals surface area contributed by atoms with Crippen molar-refractivity contribution in [2.75, 3.05) is 6.54 Å². The molecular weight excluding hydrogens is 300 g/mol. The van der Waals surface area contributed by atoms with Gasteiger partial charge in [0.25, 0.3) is 5.91 Å². The summed E-state index contributed by atoms with van der Waals surface area (Å²) in [6.45, 7) is 0.486. The van der Waals surface area contributed by atoms with Crippen molar-refractivity contribution in [3.63, 3.8) is 0 Å². The van der Waals surface area contributed by atoms with Crippen molar-refractivity contribution in [1.82, 2.24) is 10.3 Å². The monoisotopic (exact) mass is 316 g/mol. The number of nitrogens with one attached hydrogen (secondary N) is 1. The first-order valence-electron chi connectivity index (χ1n) is 7.45. The van der Waals surface area contributed by atoms with Crippen molar-refractivity contribution >= 4 is 17.5 Å². The Kier molecular flexibility index (Phi) is 4.12. The molecule has 6 heteroatoms. The summed E-state index contributed by atoms with van der Waals surface area (Å²) < 4.78 is 0. The number of carbonyl (C=O) groups is 1. The van der Waals surface area contributed by atoms with Crippen LogP contribution >= 0.6 is 11.6 Å². The minimum atomic E-state index is -0.377. The molecule has 1 aromatic heterocycles. The lowest BCUT2D eigenvalue weighted by Crippen LogP contribution is -2.28. The topological polar surface area (TPSA) is 66.7 Å². The van der Waals surface area contributed by atoms with E-state index < -0.39 is 0 Å². The highest BCUT2D eigenvalue weighted by molar-refractivity contribution is 6.32. The number of hydrogen-bond acceptors (Lipinski definition) is 4. The van der Waals surface area contributed by atoms with Gasteiger partial charge in [0.15, 0.2) is 5.66 Å². The van der Waals surface area contributed by atoms with Gasteiger partial charge in [-0.3, -0.25) is 4.79 Å². The van der Waals surface area contributed by atoms with Crippen molar-refractivity contribution in [3.8, 4) is 12.3 Å². The summed E-state index contributed by atoms with van der Waals surface area (Å²) in [4.78, 5) is 16.4. The number of rotatable bonds is 7. The molecule has 3 rings (SSSR count). The molecule has 1 aromatic rings. The van der Waals surface area contributed by atoms with Crippen LogP contribution in [0.25, 0.3) is 0 Å². The molecule has 22 heavy (non-hydrogen) atoms. The maximum absolute atomic E-state index is 12.3. The van der Waals surface area contributed by atoms with Crippen LogP contribution in [0, 0.1) is 12.3 Å². The smallest absolute Gasteiger partial charge is 0.254 e. The highest BCUT2D eigenvalue weighted by atomic mass is 35.5. The fourth-order valence-electron chi connectivity index (χ4n) is 2.40. The van der Waals surface area contributed by atoms with Crippen LogP contribution in [0.5, 0.6) is 0 Å². The van der Waals surface area contributed by atoms with E-state index in [2.05, 4.69) is 26.4 Å². The molecule has 0 radical (unpaired) electrons. The molecule has 114 valence electrons. The number of halogens is 1. The molecule has 0 bridgehead atoms. The standard InChI is InChI=1S/C16H17ClN4O/c1-2-3-6-16(20-21-16)7-8-18-15(22)13-9-12(11-4-5-11)10-19-14(13)17/h1,9-11H,3-8H2,(H,18,22). The molecule has 1 amide bonds. The Balaban J connectivity index is 1.54. The summed E-state index contributed by atoms with van der Waals surface area (Å²) >= 11 is 6.03. The molecule has 1 fully saturated rings. The normalized spacial score (nSPS) is 17.8. The van der Waals surface area contributed by atoms with E-state index in [0.717, 1.165) is 24.8 Å². The summed E-state index contributed by atoms with van der Waals surface area (Å²) in [5, 5.41) is 11.2. The number of pyridine rings is 1. The van der Waals surface area contributed by atoms with Crippen molar-refractivity contribution in [3.05, 3.63) is 28.5 Å². The van der Waals surface area contributed by atoms with Gasteiger partial charge >= 0.3 is 0 Å². The number of aromatic nitrogens is 1. The van der Waals surface area contributed by atoms with Gasteiger partial charge in [-0.15, -0.1) is 12.3 Å². The van der Waals surface area contributed by atoms with Gasteiger partial charge in [0.2, 0.25) is 0 Å². The first-order chi connectivity index (χ1) is 10.6. The molecule has 1 aliphatic heterocycles. The molecule has 1 aliphatic carbocycles. The van der Waals surface area contributed by atoms with Crippen LogP contribution in [0.3, 0.4) is 0 Å². The lowest BCUT2D eigenvalue weighted by atomic mass is 10.0. The third-order valence-corrected chi connectivity index (χ3v) is 4.32. The molecule has 1 N–H and O–H groups in total. The fourth-order valence-corrected chi connectivity index (χ4v) is 2.59. The Morgan fingerprint density at radius 2 is 2.23 bits per heavy atom. The Morgan fingerprint density at radius 1 is 1.45 bits per heavy atom. The molecular formula is C16H17ClN4O. The second-order valence-electron chi connectivity index (χ2n) is 5.77. The van der Waals surface area contributed by atoms with E-state index in [4.69, 9.17) is 18.0 Å². The molecule has 0 atom stereocenters. The molecule has 0 saturated heterocycles. The average Bonchev–Trinajstić information content (AvgIpc) is 3.40. The average molecular weight is 317 g/mol. The number of nitrogens with zero attached hydrogens (tertiary/aromatic N) is 3. The van der Waals surface area contributed by atoms with Crippen molar-refractivity contribution in [1.29, 1.82) is 0 Å². The minimum absolute atomic E-state index is 0.201. The molecule has 5 nitrogen and oxygen atoms in total. The summed E-state index contributed by atoms with van der Waals surface area (Å²) in [5.74, 6) is 2.92. The summed E-state index contributed by atoms with van der Waals surface area (Å²) in [6.07, 6.45) is 11.4. The third kappa shape index (κ3) is 3.45. The van der Waals surface area contributed by atoms with Crippen LogP contribution < -0.4 is 5.32 Å². The Morgan fingerprint density at radius 3 is 2.86 bits per heavy atom. The van der Waals surface area contributed by atoms with Crippen LogP contribution in [0.4, 0.5) is 0 Å². The molecule has 2 aliphatic rings. The van der Waals surface area contributed by atoms with Crippen LogP contribution in [-0.2, 0) is 0 Å². The quantitative estimate of drug-likeness (QED) is 0.619. The van der Waals surface area contributed by atoms with E-state index in [0.29, 0.717) is 30.9 Å².